The van der Waals surface area contributed by atoms with Crippen molar-refractivity contribution in [2.24, 2.45) is 5.73 Å². The first-order chi connectivity index (χ1) is 9.93. The van der Waals surface area contributed by atoms with Gasteiger partial charge in [0.25, 0.3) is 0 Å². The van der Waals surface area contributed by atoms with E-state index in [1.54, 1.807) is 0 Å². The lowest BCUT2D eigenvalue weighted by Crippen LogP contribution is -2.51. The van der Waals surface area contributed by atoms with Gasteiger partial charge in [-0.3, -0.25) is 4.79 Å². The molecule has 0 saturated carbocycles. The number of hydrogen-bond acceptors (Lipinski definition) is 3. The molecular formula is C16H24ClN3O. The Kier molecular flexibility index (Phi) is 5.12. The molecule has 116 valence electrons. The number of hydrogen-bond donors (Lipinski definition) is 2. The second kappa shape index (κ2) is 6.67. The number of halogens is 1. The molecule has 1 aromatic carbocycles. The number of nitrogens with one attached hydrogen (secondary N) is 1. The van der Waals surface area contributed by atoms with E-state index >= 15 is 0 Å². The van der Waals surface area contributed by atoms with Crippen LogP contribution in [0.3, 0.4) is 0 Å². The van der Waals surface area contributed by atoms with Crippen LogP contribution in [0.5, 0.6) is 0 Å². The third-order valence-electron chi connectivity index (χ3n) is 4.30. The lowest BCUT2D eigenvalue weighted by Gasteiger charge is -2.32. The van der Waals surface area contributed by atoms with E-state index in [4.69, 9.17) is 17.3 Å². The molecule has 1 aromatic rings. The predicted octanol–water partition coefficient (Wildman–Crippen LogP) is 2.87. The van der Waals surface area contributed by atoms with Gasteiger partial charge in [-0.2, -0.15) is 0 Å². The molecule has 0 bridgehead atoms. The zero-order valence-corrected chi connectivity index (χ0v) is 13.5. The largest absolute Gasteiger partial charge is 0.371 e. The second-order valence-corrected chi connectivity index (χ2v) is 6.50. The van der Waals surface area contributed by atoms with Crippen LogP contribution in [0.4, 0.5) is 5.69 Å². The number of nitrogens with zero attached hydrogens (tertiary/aromatic N) is 1. The first-order valence-electron chi connectivity index (χ1n) is 7.51. The molecule has 21 heavy (non-hydrogen) atoms. The Hall–Kier alpha value is -1.26. The first kappa shape index (κ1) is 16.1. The highest BCUT2D eigenvalue weighted by atomic mass is 35.5. The molecule has 4 nitrogen and oxygen atoms in total. The fourth-order valence-corrected chi connectivity index (χ4v) is 3.04. The minimum atomic E-state index is -0.669. The van der Waals surface area contributed by atoms with E-state index in [9.17, 15) is 4.79 Å². The number of amides is 1. The molecule has 1 saturated heterocycles. The maximum atomic E-state index is 12.1. The highest BCUT2D eigenvalue weighted by molar-refractivity contribution is 6.30. The van der Waals surface area contributed by atoms with Crippen molar-refractivity contribution in [2.45, 2.75) is 44.7 Å². The maximum absolute atomic E-state index is 12.1. The third kappa shape index (κ3) is 3.89. The molecule has 0 spiro atoms. The number of likely N-dealkylation sites (tertiary alicyclic amines) is 1. The predicted molar refractivity (Wildman–Crippen MR) is 87.6 cm³/mol. The molecule has 1 atom stereocenters. The fraction of sp³-hybridized carbons (Fsp3) is 0.562. The van der Waals surface area contributed by atoms with Crippen molar-refractivity contribution in [3.05, 3.63) is 29.3 Å². The molecule has 0 aromatic heterocycles. The average Bonchev–Trinajstić information content (AvgIpc) is 2.65. The Bertz CT molecular complexity index is 489. The fourth-order valence-electron chi connectivity index (χ4n) is 2.91. The minimum Gasteiger partial charge on any atom is -0.371 e. The number of carbonyl (C=O) groups is 1. The molecule has 0 aliphatic carbocycles. The highest BCUT2D eigenvalue weighted by Crippen LogP contribution is 2.28. The van der Waals surface area contributed by atoms with E-state index in [2.05, 4.69) is 24.1 Å². The zero-order chi connectivity index (χ0) is 15.5. The van der Waals surface area contributed by atoms with E-state index in [1.807, 2.05) is 24.3 Å². The SMILES string of the molecule is CC(C)N1CCCC(Nc2ccc(Cl)cc2)(C(N)=O)CC1. The summed E-state index contributed by atoms with van der Waals surface area (Å²) in [5.74, 6) is -0.275. The standard InChI is InChI=1S/C16H24ClN3O/c1-12(2)20-10-3-8-16(9-11-20,15(18)21)19-14-6-4-13(17)5-7-14/h4-7,12,19H,3,8-11H2,1-2H3,(H2,18,21). The summed E-state index contributed by atoms with van der Waals surface area (Å²) in [7, 11) is 0. The summed E-state index contributed by atoms with van der Waals surface area (Å²) in [6, 6.07) is 7.89. The van der Waals surface area contributed by atoms with Crippen LogP contribution < -0.4 is 11.1 Å². The monoisotopic (exact) mass is 309 g/mol. The molecule has 1 fully saturated rings. The molecule has 1 amide bonds. The topological polar surface area (TPSA) is 58.4 Å². The van der Waals surface area contributed by atoms with Gasteiger partial charge in [0.1, 0.15) is 5.54 Å². The van der Waals surface area contributed by atoms with E-state index in [0.717, 1.165) is 38.0 Å². The summed E-state index contributed by atoms with van der Waals surface area (Å²) >= 11 is 5.91. The summed E-state index contributed by atoms with van der Waals surface area (Å²) in [4.78, 5) is 14.5. The third-order valence-corrected chi connectivity index (χ3v) is 4.56. The lowest BCUT2D eigenvalue weighted by atomic mass is 9.89. The first-order valence-corrected chi connectivity index (χ1v) is 7.88. The van der Waals surface area contributed by atoms with Crippen molar-refractivity contribution in [2.75, 3.05) is 18.4 Å². The van der Waals surface area contributed by atoms with Crippen molar-refractivity contribution in [3.8, 4) is 0 Å². The van der Waals surface area contributed by atoms with Crippen LogP contribution in [-0.2, 0) is 4.79 Å². The molecular weight excluding hydrogens is 286 g/mol. The van der Waals surface area contributed by atoms with Crippen molar-refractivity contribution >= 4 is 23.2 Å². The quantitative estimate of drug-likeness (QED) is 0.899. The van der Waals surface area contributed by atoms with Crippen molar-refractivity contribution in [3.63, 3.8) is 0 Å². The molecule has 0 radical (unpaired) electrons. The van der Waals surface area contributed by atoms with Gasteiger partial charge in [-0.25, -0.2) is 0 Å². The van der Waals surface area contributed by atoms with Gasteiger partial charge in [0.15, 0.2) is 0 Å². The summed E-state index contributed by atoms with van der Waals surface area (Å²) in [6.07, 6.45) is 2.44. The number of carbonyl (C=O) groups excluding carboxylic acids is 1. The van der Waals surface area contributed by atoms with Crippen LogP contribution in [0.1, 0.15) is 33.1 Å². The Morgan fingerprint density at radius 2 is 1.95 bits per heavy atom. The lowest BCUT2D eigenvalue weighted by molar-refractivity contribution is -0.122. The van der Waals surface area contributed by atoms with E-state index in [0.29, 0.717) is 11.1 Å². The van der Waals surface area contributed by atoms with Crippen molar-refractivity contribution < 1.29 is 4.79 Å². The van der Waals surface area contributed by atoms with Gasteiger partial charge in [-0.1, -0.05) is 11.6 Å². The Morgan fingerprint density at radius 1 is 1.29 bits per heavy atom. The Morgan fingerprint density at radius 3 is 2.52 bits per heavy atom. The summed E-state index contributed by atoms with van der Waals surface area (Å²) in [6.45, 7) is 6.25. The number of primary amides is 1. The number of rotatable bonds is 4. The van der Waals surface area contributed by atoms with Crippen LogP contribution in [0.15, 0.2) is 24.3 Å². The van der Waals surface area contributed by atoms with Crippen LogP contribution in [-0.4, -0.2) is 35.5 Å². The number of anilines is 1. The van der Waals surface area contributed by atoms with Gasteiger partial charge < -0.3 is 16.0 Å². The minimum absolute atomic E-state index is 0.275. The van der Waals surface area contributed by atoms with E-state index in [-0.39, 0.29) is 5.91 Å². The van der Waals surface area contributed by atoms with E-state index < -0.39 is 5.54 Å². The number of nitrogens with two attached hydrogens (primary N) is 1. The Balaban J connectivity index is 2.17. The number of benzene rings is 1. The van der Waals surface area contributed by atoms with E-state index in [1.165, 1.54) is 0 Å². The van der Waals surface area contributed by atoms with Crippen molar-refractivity contribution in [1.29, 1.82) is 0 Å². The Labute approximate surface area is 131 Å². The molecule has 1 heterocycles. The van der Waals surface area contributed by atoms with Gasteiger partial charge in [-0.15, -0.1) is 0 Å². The van der Waals surface area contributed by atoms with Crippen LogP contribution in [0.25, 0.3) is 0 Å². The smallest absolute Gasteiger partial charge is 0.243 e. The van der Waals surface area contributed by atoms with Gasteiger partial charge >= 0.3 is 0 Å². The second-order valence-electron chi connectivity index (χ2n) is 6.06. The van der Waals surface area contributed by atoms with Gasteiger partial charge in [0, 0.05) is 23.3 Å². The molecule has 1 aliphatic rings. The van der Waals surface area contributed by atoms with Gasteiger partial charge in [0.2, 0.25) is 5.91 Å². The van der Waals surface area contributed by atoms with Crippen LogP contribution in [0.2, 0.25) is 5.02 Å². The van der Waals surface area contributed by atoms with Crippen LogP contribution >= 0.6 is 11.6 Å². The average molecular weight is 310 g/mol. The van der Waals surface area contributed by atoms with Gasteiger partial charge in [0.05, 0.1) is 0 Å². The molecule has 1 aliphatic heterocycles. The zero-order valence-electron chi connectivity index (χ0n) is 12.7. The maximum Gasteiger partial charge on any atom is 0.243 e. The molecule has 5 heteroatoms. The molecule has 3 N–H and O–H groups in total. The summed E-state index contributed by atoms with van der Waals surface area (Å²) in [5, 5.41) is 4.04. The molecule has 1 unspecified atom stereocenters. The van der Waals surface area contributed by atoms with Crippen molar-refractivity contribution in [1.82, 2.24) is 4.90 Å². The molecule has 2 rings (SSSR count). The van der Waals surface area contributed by atoms with Crippen LogP contribution in [0, 0.1) is 0 Å². The van der Waals surface area contributed by atoms with Gasteiger partial charge in [-0.05, 0) is 63.9 Å². The summed E-state index contributed by atoms with van der Waals surface area (Å²) in [5.41, 5.74) is 5.94. The highest BCUT2D eigenvalue weighted by Gasteiger charge is 2.38. The normalized spacial score (nSPS) is 23.8. The summed E-state index contributed by atoms with van der Waals surface area (Å²) < 4.78 is 0.